The molecule has 0 aromatic rings. The van der Waals surface area contributed by atoms with Gasteiger partial charge in [0.1, 0.15) is 0 Å². The van der Waals surface area contributed by atoms with Crippen LogP contribution in [0.25, 0.3) is 0 Å². The number of ether oxygens (including phenoxy) is 1. The summed E-state index contributed by atoms with van der Waals surface area (Å²) in [6, 6.07) is 0. The lowest BCUT2D eigenvalue weighted by molar-refractivity contribution is 0.110. The van der Waals surface area contributed by atoms with Crippen molar-refractivity contribution >= 4 is 0 Å². The molecule has 0 fully saturated rings. The highest BCUT2D eigenvalue weighted by atomic mass is 16.5. The number of rotatable bonds is 4. The van der Waals surface area contributed by atoms with Crippen molar-refractivity contribution in [1.82, 2.24) is 5.48 Å². The molecule has 0 radical (unpaired) electrons. The van der Waals surface area contributed by atoms with Crippen LogP contribution < -0.4 is 5.48 Å². The van der Waals surface area contributed by atoms with Crippen molar-refractivity contribution in [2.24, 2.45) is 5.92 Å². The molecule has 0 amide bonds. The van der Waals surface area contributed by atoms with Gasteiger partial charge in [0, 0.05) is 13.7 Å². The zero-order chi connectivity index (χ0) is 6.41. The molecule has 0 aliphatic rings. The van der Waals surface area contributed by atoms with Gasteiger partial charge < -0.3 is 9.94 Å². The normalized spacial score (nSPS) is 13.9. The maximum Gasteiger partial charge on any atom is 0.0500 e. The van der Waals surface area contributed by atoms with Crippen LogP contribution in [0.3, 0.4) is 0 Å². The van der Waals surface area contributed by atoms with E-state index in [2.05, 4.69) is 5.48 Å². The summed E-state index contributed by atoms with van der Waals surface area (Å²) in [4.78, 5) is 0. The van der Waals surface area contributed by atoms with Crippen LogP contribution in [0.1, 0.15) is 6.92 Å². The molecule has 0 bridgehead atoms. The molecule has 3 nitrogen and oxygen atoms in total. The molecule has 0 aliphatic heterocycles. The van der Waals surface area contributed by atoms with Crippen LogP contribution in [-0.4, -0.2) is 25.5 Å². The highest BCUT2D eigenvalue weighted by Gasteiger charge is 1.96. The minimum Gasteiger partial charge on any atom is -0.384 e. The van der Waals surface area contributed by atoms with Crippen LogP contribution in [0.15, 0.2) is 0 Å². The minimum atomic E-state index is 0.380. The summed E-state index contributed by atoms with van der Waals surface area (Å²) >= 11 is 0. The average molecular weight is 119 g/mol. The van der Waals surface area contributed by atoms with Crippen LogP contribution in [0.2, 0.25) is 0 Å². The molecule has 1 unspecified atom stereocenters. The van der Waals surface area contributed by atoms with Gasteiger partial charge in [-0.1, -0.05) is 6.92 Å². The summed E-state index contributed by atoms with van der Waals surface area (Å²) in [6.07, 6.45) is 0. The fourth-order valence-electron chi connectivity index (χ4n) is 0.499. The van der Waals surface area contributed by atoms with Crippen molar-refractivity contribution in [1.29, 1.82) is 0 Å². The Labute approximate surface area is 49.6 Å². The van der Waals surface area contributed by atoms with Gasteiger partial charge >= 0.3 is 0 Å². The van der Waals surface area contributed by atoms with E-state index in [-0.39, 0.29) is 0 Å². The lowest BCUT2D eigenvalue weighted by atomic mass is 10.2. The molecule has 0 heterocycles. The average Bonchev–Trinajstić information content (AvgIpc) is 1.68. The zero-order valence-corrected chi connectivity index (χ0v) is 5.35. The third kappa shape index (κ3) is 4.05. The van der Waals surface area contributed by atoms with Crippen LogP contribution >= 0.6 is 0 Å². The SMILES string of the molecule is COCC(C)CNO. The van der Waals surface area contributed by atoms with Crippen molar-refractivity contribution in [3.8, 4) is 0 Å². The van der Waals surface area contributed by atoms with Gasteiger partial charge in [-0.2, -0.15) is 0 Å². The van der Waals surface area contributed by atoms with E-state index in [1.54, 1.807) is 7.11 Å². The van der Waals surface area contributed by atoms with Crippen molar-refractivity contribution in [2.75, 3.05) is 20.3 Å². The molecule has 0 rings (SSSR count). The summed E-state index contributed by atoms with van der Waals surface area (Å²) in [5.41, 5.74) is 2.07. The molecular weight excluding hydrogens is 106 g/mol. The number of methoxy groups -OCH3 is 1. The van der Waals surface area contributed by atoms with E-state index >= 15 is 0 Å². The first-order valence-corrected chi connectivity index (χ1v) is 2.67. The van der Waals surface area contributed by atoms with Gasteiger partial charge in [0.05, 0.1) is 6.61 Å². The first-order valence-electron chi connectivity index (χ1n) is 2.67. The van der Waals surface area contributed by atoms with Gasteiger partial charge in [-0.15, -0.1) is 0 Å². The first kappa shape index (κ1) is 7.88. The third-order valence-corrected chi connectivity index (χ3v) is 0.891. The predicted octanol–water partition coefficient (Wildman–Crippen LogP) is 0.248. The molecule has 1 atom stereocenters. The van der Waals surface area contributed by atoms with Gasteiger partial charge in [0.25, 0.3) is 0 Å². The van der Waals surface area contributed by atoms with E-state index in [1.807, 2.05) is 6.92 Å². The Balaban J connectivity index is 2.92. The number of hydrogen-bond donors (Lipinski definition) is 2. The maximum atomic E-state index is 8.16. The van der Waals surface area contributed by atoms with Crippen LogP contribution in [0.4, 0.5) is 0 Å². The zero-order valence-electron chi connectivity index (χ0n) is 5.35. The molecular formula is C5H13NO2. The summed E-state index contributed by atoms with van der Waals surface area (Å²) in [5.74, 6) is 0.380. The Bertz CT molecular complexity index is 43.7. The molecule has 0 saturated heterocycles. The molecule has 8 heavy (non-hydrogen) atoms. The van der Waals surface area contributed by atoms with E-state index in [1.165, 1.54) is 0 Å². The molecule has 0 aliphatic carbocycles. The monoisotopic (exact) mass is 119 g/mol. The topological polar surface area (TPSA) is 41.5 Å². The van der Waals surface area contributed by atoms with Gasteiger partial charge in [-0.05, 0) is 5.92 Å². The van der Waals surface area contributed by atoms with Gasteiger partial charge in [-0.25, -0.2) is 5.48 Å². The van der Waals surface area contributed by atoms with Crippen LogP contribution in [-0.2, 0) is 4.74 Å². The second kappa shape index (κ2) is 5.03. The van der Waals surface area contributed by atoms with Gasteiger partial charge in [-0.3, -0.25) is 0 Å². The Morgan fingerprint density at radius 1 is 1.75 bits per heavy atom. The molecule has 2 N–H and O–H groups in total. The van der Waals surface area contributed by atoms with Crippen molar-refractivity contribution in [3.05, 3.63) is 0 Å². The smallest absolute Gasteiger partial charge is 0.0500 e. The highest BCUT2D eigenvalue weighted by Crippen LogP contribution is 1.89. The summed E-state index contributed by atoms with van der Waals surface area (Å²) in [6.45, 7) is 3.27. The third-order valence-electron chi connectivity index (χ3n) is 0.891. The van der Waals surface area contributed by atoms with Crippen LogP contribution in [0.5, 0.6) is 0 Å². The minimum absolute atomic E-state index is 0.380. The summed E-state index contributed by atoms with van der Waals surface area (Å²) in [5, 5.41) is 8.16. The molecule has 0 aromatic carbocycles. The molecule has 50 valence electrons. The van der Waals surface area contributed by atoms with E-state index in [0.29, 0.717) is 19.1 Å². The summed E-state index contributed by atoms with van der Waals surface area (Å²) in [7, 11) is 1.65. The van der Waals surface area contributed by atoms with E-state index in [4.69, 9.17) is 9.94 Å². The Morgan fingerprint density at radius 3 is 2.75 bits per heavy atom. The Kier molecular flexibility index (Phi) is 4.95. The van der Waals surface area contributed by atoms with Crippen molar-refractivity contribution < 1.29 is 9.94 Å². The quantitative estimate of drug-likeness (QED) is 0.521. The first-order chi connectivity index (χ1) is 3.81. The second-order valence-corrected chi connectivity index (χ2v) is 1.92. The number of nitrogens with one attached hydrogen (secondary N) is 1. The highest BCUT2D eigenvalue weighted by molar-refractivity contribution is 4.48. The maximum absolute atomic E-state index is 8.16. The lowest BCUT2D eigenvalue weighted by Crippen LogP contribution is -2.20. The molecule has 0 aromatic heterocycles. The fourth-order valence-corrected chi connectivity index (χ4v) is 0.499. The van der Waals surface area contributed by atoms with Gasteiger partial charge in [0.2, 0.25) is 0 Å². The van der Waals surface area contributed by atoms with E-state index in [9.17, 15) is 0 Å². The second-order valence-electron chi connectivity index (χ2n) is 1.92. The lowest BCUT2D eigenvalue weighted by Gasteiger charge is -2.06. The Hall–Kier alpha value is -0.120. The summed E-state index contributed by atoms with van der Waals surface area (Å²) < 4.78 is 4.81. The molecule has 0 spiro atoms. The van der Waals surface area contributed by atoms with Crippen LogP contribution in [0, 0.1) is 5.92 Å². The van der Waals surface area contributed by atoms with E-state index in [0.717, 1.165) is 0 Å². The molecule has 0 saturated carbocycles. The standard InChI is InChI=1S/C5H13NO2/c1-5(3-6-7)4-8-2/h5-7H,3-4H2,1-2H3. The number of hydrogen-bond acceptors (Lipinski definition) is 3. The van der Waals surface area contributed by atoms with Gasteiger partial charge in [0.15, 0.2) is 0 Å². The fraction of sp³-hybridized carbons (Fsp3) is 1.00. The Morgan fingerprint density at radius 2 is 2.38 bits per heavy atom. The molecule has 3 heteroatoms. The van der Waals surface area contributed by atoms with Crippen molar-refractivity contribution in [3.63, 3.8) is 0 Å². The van der Waals surface area contributed by atoms with Crippen molar-refractivity contribution in [2.45, 2.75) is 6.92 Å². The predicted molar refractivity (Wildman–Crippen MR) is 30.8 cm³/mol. The number of hydroxylamine groups is 1. The van der Waals surface area contributed by atoms with E-state index < -0.39 is 0 Å². The largest absolute Gasteiger partial charge is 0.384 e.